The van der Waals surface area contributed by atoms with Crippen LogP contribution < -0.4 is 5.32 Å². The van der Waals surface area contributed by atoms with Crippen molar-refractivity contribution in [3.05, 3.63) is 35.1 Å². The van der Waals surface area contributed by atoms with Crippen LogP contribution in [0, 0.1) is 5.82 Å². The normalized spacial score (nSPS) is 12.4. The highest BCUT2D eigenvalue weighted by Gasteiger charge is 2.27. The van der Waals surface area contributed by atoms with E-state index in [2.05, 4.69) is 5.32 Å². The van der Waals surface area contributed by atoms with E-state index in [0.29, 0.717) is 18.2 Å². The third-order valence-corrected chi connectivity index (χ3v) is 3.04. The number of benzene rings is 1. The zero-order valence-electron chi connectivity index (χ0n) is 12.6. The third kappa shape index (κ3) is 7.43. The summed E-state index contributed by atoms with van der Waals surface area (Å²) in [5.74, 6) is -0.387. The number of nitrogens with zero attached hydrogens (tertiary/aromatic N) is 1. The van der Waals surface area contributed by atoms with Gasteiger partial charge >= 0.3 is 6.18 Å². The molecular formula is C15H22F4N2. The molecule has 0 aliphatic heterocycles. The molecule has 1 rings (SSSR count). The van der Waals surface area contributed by atoms with Crippen LogP contribution in [0.1, 0.15) is 31.4 Å². The molecule has 1 aromatic rings. The first-order chi connectivity index (χ1) is 9.67. The van der Waals surface area contributed by atoms with Crippen LogP contribution >= 0.6 is 0 Å². The van der Waals surface area contributed by atoms with Crippen LogP contribution in [0.25, 0.3) is 0 Å². The molecule has 0 fully saturated rings. The zero-order valence-corrected chi connectivity index (χ0v) is 12.6. The van der Waals surface area contributed by atoms with E-state index in [1.807, 2.05) is 13.8 Å². The molecule has 1 N–H and O–H groups in total. The summed E-state index contributed by atoms with van der Waals surface area (Å²) >= 11 is 0. The summed E-state index contributed by atoms with van der Waals surface area (Å²) in [6, 6.07) is 5.07. The summed E-state index contributed by atoms with van der Waals surface area (Å²) in [5.41, 5.74) is 1.34. The second-order valence-electron chi connectivity index (χ2n) is 5.56. The molecule has 0 spiro atoms. The van der Waals surface area contributed by atoms with E-state index in [0.717, 1.165) is 5.56 Å². The molecule has 2 nitrogen and oxygen atoms in total. The van der Waals surface area contributed by atoms with Crippen LogP contribution in [0.5, 0.6) is 0 Å². The summed E-state index contributed by atoms with van der Waals surface area (Å²) in [7, 11) is 1.56. The standard InChI is InChI=1S/C15H22F4N2/c1-11(2)20-9-12-4-5-14(16)13(8-12)10-21(3)7-6-15(17,18)19/h4-5,8,11,20H,6-7,9-10H2,1-3H3. The molecule has 0 aliphatic rings. The van der Waals surface area contributed by atoms with Crippen molar-refractivity contribution >= 4 is 0 Å². The van der Waals surface area contributed by atoms with Gasteiger partial charge in [-0.15, -0.1) is 0 Å². The largest absolute Gasteiger partial charge is 0.390 e. The summed E-state index contributed by atoms with van der Waals surface area (Å²) in [6.07, 6.45) is -5.07. The molecule has 0 aromatic heterocycles. The molecule has 0 saturated carbocycles. The number of rotatable bonds is 7. The Labute approximate surface area is 123 Å². The maximum Gasteiger partial charge on any atom is 0.390 e. The smallest absolute Gasteiger partial charge is 0.310 e. The number of alkyl halides is 3. The van der Waals surface area contributed by atoms with E-state index >= 15 is 0 Å². The van der Waals surface area contributed by atoms with E-state index in [1.54, 1.807) is 19.2 Å². The van der Waals surface area contributed by atoms with Gasteiger partial charge < -0.3 is 10.2 Å². The predicted molar refractivity (Wildman–Crippen MR) is 75.4 cm³/mol. The van der Waals surface area contributed by atoms with Crippen molar-refractivity contribution in [2.24, 2.45) is 0 Å². The zero-order chi connectivity index (χ0) is 16.0. The Kier molecular flexibility index (Phi) is 6.61. The molecule has 21 heavy (non-hydrogen) atoms. The number of hydrogen-bond donors (Lipinski definition) is 1. The molecule has 0 unspecified atom stereocenters. The molecule has 0 amide bonds. The second-order valence-corrected chi connectivity index (χ2v) is 5.56. The van der Waals surface area contributed by atoms with Crippen LogP contribution in [0.15, 0.2) is 18.2 Å². The van der Waals surface area contributed by atoms with Gasteiger partial charge in [0, 0.05) is 31.2 Å². The summed E-state index contributed by atoms with van der Waals surface area (Å²) < 4.78 is 50.2. The molecule has 0 heterocycles. The number of hydrogen-bond acceptors (Lipinski definition) is 2. The molecular weight excluding hydrogens is 284 g/mol. The fraction of sp³-hybridized carbons (Fsp3) is 0.600. The highest BCUT2D eigenvalue weighted by molar-refractivity contribution is 5.25. The minimum absolute atomic E-state index is 0.141. The Morgan fingerprint density at radius 1 is 1.24 bits per heavy atom. The summed E-state index contributed by atoms with van der Waals surface area (Å²) in [6.45, 7) is 4.65. The Balaban J connectivity index is 2.62. The lowest BCUT2D eigenvalue weighted by molar-refractivity contribution is -0.137. The lowest BCUT2D eigenvalue weighted by Crippen LogP contribution is -2.25. The van der Waals surface area contributed by atoms with Crippen molar-refractivity contribution in [3.63, 3.8) is 0 Å². The van der Waals surface area contributed by atoms with Crippen molar-refractivity contribution in [1.29, 1.82) is 0 Å². The fourth-order valence-electron chi connectivity index (χ4n) is 1.87. The van der Waals surface area contributed by atoms with E-state index in [-0.39, 0.29) is 18.9 Å². The van der Waals surface area contributed by atoms with Gasteiger partial charge in [0.25, 0.3) is 0 Å². The van der Waals surface area contributed by atoms with Gasteiger partial charge in [0.1, 0.15) is 5.82 Å². The van der Waals surface area contributed by atoms with Crippen molar-refractivity contribution in [2.45, 2.75) is 45.6 Å². The minimum Gasteiger partial charge on any atom is -0.310 e. The first kappa shape index (κ1) is 17.9. The van der Waals surface area contributed by atoms with Crippen LogP contribution in [-0.4, -0.2) is 30.7 Å². The topological polar surface area (TPSA) is 15.3 Å². The number of halogens is 4. The molecule has 0 bridgehead atoms. The van der Waals surface area contributed by atoms with E-state index < -0.39 is 12.6 Å². The predicted octanol–water partition coefficient (Wildman–Crippen LogP) is 3.71. The van der Waals surface area contributed by atoms with Crippen LogP contribution in [0.3, 0.4) is 0 Å². The van der Waals surface area contributed by atoms with E-state index in [1.165, 1.54) is 11.0 Å². The molecule has 120 valence electrons. The lowest BCUT2D eigenvalue weighted by atomic mass is 10.1. The molecule has 1 aromatic carbocycles. The lowest BCUT2D eigenvalue weighted by Gasteiger charge is -2.18. The van der Waals surface area contributed by atoms with Gasteiger partial charge in [-0.3, -0.25) is 0 Å². The third-order valence-electron chi connectivity index (χ3n) is 3.04. The Hall–Kier alpha value is -1.14. The van der Waals surface area contributed by atoms with E-state index in [9.17, 15) is 17.6 Å². The maximum atomic E-state index is 13.7. The first-order valence-electron chi connectivity index (χ1n) is 6.93. The SMILES string of the molecule is CC(C)NCc1ccc(F)c(CN(C)CCC(F)(F)F)c1. The average Bonchev–Trinajstić information content (AvgIpc) is 2.36. The van der Waals surface area contributed by atoms with Crippen molar-refractivity contribution in [3.8, 4) is 0 Å². The highest BCUT2D eigenvalue weighted by atomic mass is 19.4. The average molecular weight is 306 g/mol. The van der Waals surface area contributed by atoms with Crippen LogP contribution in [-0.2, 0) is 13.1 Å². The Morgan fingerprint density at radius 3 is 2.48 bits per heavy atom. The second kappa shape index (κ2) is 7.75. The number of nitrogens with one attached hydrogen (secondary N) is 1. The van der Waals surface area contributed by atoms with Crippen LogP contribution in [0.2, 0.25) is 0 Å². The van der Waals surface area contributed by atoms with Gasteiger partial charge in [0.05, 0.1) is 6.42 Å². The first-order valence-corrected chi connectivity index (χ1v) is 6.93. The quantitative estimate of drug-likeness (QED) is 0.773. The molecule has 0 atom stereocenters. The van der Waals surface area contributed by atoms with Gasteiger partial charge in [0.2, 0.25) is 0 Å². The Bertz CT molecular complexity index is 444. The van der Waals surface area contributed by atoms with Crippen molar-refractivity contribution in [2.75, 3.05) is 13.6 Å². The van der Waals surface area contributed by atoms with Gasteiger partial charge in [-0.25, -0.2) is 4.39 Å². The summed E-state index contributed by atoms with van der Waals surface area (Å²) in [5, 5.41) is 3.22. The van der Waals surface area contributed by atoms with E-state index in [4.69, 9.17) is 0 Å². The molecule has 0 aliphatic carbocycles. The van der Waals surface area contributed by atoms with Gasteiger partial charge in [-0.2, -0.15) is 13.2 Å². The molecule has 6 heteroatoms. The van der Waals surface area contributed by atoms with Crippen LogP contribution in [0.4, 0.5) is 17.6 Å². The van der Waals surface area contributed by atoms with Gasteiger partial charge in [0.15, 0.2) is 0 Å². The van der Waals surface area contributed by atoms with Gasteiger partial charge in [-0.05, 0) is 18.7 Å². The highest BCUT2D eigenvalue weighted by Crippen LogP contribution is 2.20. The molecule has 0 saturated heterocycles. The fourth-order valence-corrected chi connectivity index (χ4v) is 1.87. The van der Waals surface area contributed by atoms with Gasteiger partial charge in [-0.1, -0.05) is 26.0 Å². The monoisotopic (exact) mass is 306 g/mol. The molecule has 0 radical (unpaired) electrons. The summed E-state index contributed by atoms with van der Waals surface area (Å²) in [4.78, 5) is 1.48. The van der Waals surface area contributed by atoms with Crippen molar-refractivity contribution < 1.29 is 17.6 Å². The minimum atomic E-state index is -4.18. The Morgan fingerprint density at radius 2 is 1.90 bits per heavy atom. The maximum absolute atomic E-state index is 13.7. The van der Waals surface area contributed by atoms with Crippen molar-refractivity contribution in [1.82, 2.24) is 10.2 Å².